The first-order chi connectivity index (χ1) is 11.1. The predicted molar refractivity (Wildman–Crippen MR) is 93.9 cm³/mol. The Labute approximate surface area is 148 Å². The third-order valence-corrected chi connectivity index (χ3v) is 3.21. The van der Waals surface area contributed by atoms with Gasteiger partial charge in [0.15, 0.2) is 5.11 Å². The van der Waals surface area contributed by atoms with Crippen molar-refractivity contribution < 1.29 is 19.4 Å². The van der Waals surface area contributed by atoms with E-state index >= 15 is 0 Å². The van der Waals surface area contributed by atoms with Crippen LogP contribution in [-0.2, 0) is 9.78 Å². The molecule has 0 spiro atoms. The van der Waals surface area contributed by atoms with Gasteiger partial charge < -0.3 is 5.32 Å². The molecule has 0 aliphatic carbocycles. The SMILES string of the molecule is Cl.O=C(OOC(=O)c1ccc2cc1NC(=S)NN2)c1ccccc1. The van der Waals surface area contributed by atoms with Gasteiger partial charge in [0.1, 0.15) is 0 Å². The van der Waals surface area contributed by atoms with Crippen LogP contribution in [0, 0.1) is 0 Å². The number of fused-ring (bicyclic) bond motifs is 2. The second kappa shape index (κ2) is 7.62. The van der Waals surface area contributed by atoms with Crippen LogP contribution in [0.2, 0.25) is 0 Å². The Morgan fingerprint density at radius 1 is 0.917 bits per heavy atom. The summed E-state index contributed by atoms with van der Waals surface area (Å²) in [6.07, 6.45) is 0. The third kappa shape index (κ3) is 3.92. The van der Waals surface area contributed by atoms with E-state index in [0.29, 0.717) is 16.5 Å². The maximum atomic E-state index is 12.1. The van der Waals surface area contributed by atoms with Gasteiger partial charge in [0.25, 0.3) is 0 Å². The van der Waals surface area contributed by atoms with E-state index in [2.05, 4.69) is 25.9 Å². The molecule has 0 fully saturated rings. The minimum absolute atomic E-state index is 0. The molecule has 3 rings (SSSR count). The average molecular weight is 366 g/mol. The number of benzene rings is 2. The van der Waals surface area contributed by atoms with Crippen LogP contribution in [0.25, 0.3) is 0 Å². The van der Waals surface area contributed by atoms with Crippen molar-refractivity contribution in [3.05, 3.63) is 59.7 Å². The molecular formula is C15H12ClN3O4S. The van der Waals surface area contributed by atoms with E-state index < -0.39 is 11.9 Å². The molecule has 0 amide bonds. The first-order valence-electron chi connectivity index (χ1n) is 6.59. The van der Waals surface area contributed by atoms with Gasteiger partial charge in [0, 0.05) is 0 Å². The Hall–Kier alpha value is -2.84. The molecule has 0 aromatic heterocycles. The van der Waals surface area contributed by atoms with E-state index in [0.717, 1.165) is 0 Å². The van der Waals surface area contributed by atoms with Crippen LogP contribution in [0.3, 0.4) is 0 Å². The van der Waals surface area contributed by atoms with Crippen molar-refractivity contribution >= 4 is 53.1 Å². The van der Waals surface area contributed by atoms with Gasteiger partial charge >= 0.3 is 11.9 Å². The van der Waals surface area contributed by atoms with Crippen molar-refractivity contribution in [3.63, 3.8) is 0 Å². The predicted octanol–water partition coefficient (Wildman–Crippen LogP) is 2.66. The van der Waals surface area contributed by atoms with Crippen molar-refractivity contribution in [2.45, 2.75) is 0 Å². The number of halogens is 1. The van der Waals surface area contributed by atoms with E-state index in [-0.39, 0.29) is 23.5 Å². The van der Waals surface area contributed by atoms with E-state index in [1.807, 2.05) is 0 Å². The molecule has 1 aliphatic rings. The van der Waals surface area contributed by atoms with Crippen LogP contribution in [0.4, 0.5) is 11.4 Å². The zero-order valence-corrected chi connectivity index (χ0v) is 13.7. The molecule has 2 aromatic rings. The minimum atomic E-state index is -0.812. The van der Waals surface area contributed by atoms with Crippen molar-refractivity contribution in [3.8, 4) is 0 Å². The number of nitrogens with one attached hydrogen (secondary N) is 3. The third-order valence-electron chi connectivity index (χ3n) is 3.01. The fraction of sp³-hybridized carbons (Fsp3) is 0. The number of carbonyl (C=O) groups is 2. The highest BCUT2D eigenvalue weighted by Crippen LogP contribution is 2.23. The Morgan fingerprint density at radius 3 is 2.38 bits per heavy atom. The monoisotopic (exact) mass is 365 g/mol. The number of hydrazine groups is 1. The van der Waals surface area contributed by atoms with Crippen LogP contribution in [0.1, 0.15) is 20.7 Å². The molecule has 1 heterocycles. The quantitative estimate of drug-likeness (QED) is 0.425. The van der Waals surface area contributed by atoms with Crippen LogP contribution < -0.4 is 16.2 Å². The van der Waals surface area contributed by atoms with E-state index in [9.17, 15) is 9.59 Å². The lowest BCUT2D eigenvalue weighted by Crippen LogP contribution is -2.31. The molecule has 3 N–H and O–H groups in total. The number of thiocarbonyl (C=S) groups is 1. The van der Waals surface area contributed by atoms with E-state index in [4.69, 9.17) is 12.2 Å². The summed E-state index contributed by atoms with van der Waals surface area (Å²) in [7, 11) is 0. The largest absolute Gasteiger partial charge is 0.388 e. The van der Waals surface area contributed by atoms with E-state index in [1.54, 1.807) is 42.5 Å². The summed E-state index contributed by atoms with van der Waals surface area (Å²) in [6.45, 7) is 0. The second-order valence-electron chi connectivity index (χ2n) is 4.57. The molecule has 0 saturated heterocycles. The molecule has 1 aliphatic heterocycles. The zero-order valence-electron chi connectivity index (χ0n) is 12.1. The molecule has 2 aromatic carbocycles. The molecular weight excluding hydrogens is 354 g/mol. The van der Waals surface area contributed by atoms with Crippen molar-refractivity contribution in [1.29, 1.82) is 0 Å². The summed E-state index contributed by atoms with van der Waals surface area (Å²) in [5.41, 5.74) is 7.18. The first-order valence-corrected chi connectivity index (χ1v) is 6.99. The van der Waals surface area contributed by atoms with Gasteiger partial charge in [-0.05, 0) is 42.5 Å². The molecule has 0 atom stereocenters. The summed E-state index contributed by atoms with van der Waals surface area (Å²) in [5.74, 6) is -1.57. The van der Waals surface area contributed by atoms with Gasteiger partial charge in [-0.3, -0.25) is 10.9 Å². The van der Waals surface area contributed by atoms with Gasteiger partial charge in [-0.1, -0.05) is 18.2 Å². The maximum Gasteiger partial charge on any atom is 0.388 e. The number of rotatable bonds is 2. The molecule has 7 nitrogen and oxygen atoms in total. The zero-order chi connectivity index (χ0) is 16.2. The first kappa shape index (κ1) is 17.5. The van der Waals surface area contributed by atoms with Gasteiger partial charge in [-0.2, -0.15) is 0 Å². The summed E-state index contributed by atoms with van der Waals surface area (Å²) < 4.78 is 0. The van der Waals surface area contributed by atoms with Crippen LogP contribution in [-0.4, -0.2) is 17.1 Å². The van der Waals surface area contributed by atoms with Crippen molar-refractivity contribution in [2.75, 3.05) is 10.7 Å². The Balaban J connectivity index is 0.00000208. The fourth-order valence-electron chi connectivity index (χ4n) is 1.93. The van der Waals surface area contributed by atoms with Crippen LogP contribution >= 0.6 is 24.6 Å². The normalized spacial score (nSPS) is 11.6. The van der Waals surface area contributed by atoms with Gasteiger partial charge in [-0.25, -0.2) is 19.4 Å². The average Bonchev–Trinajstić information content (AvgIpc) is 2.72. The number of hydrogen-bond acceptors (Lipinski definition) is 6. The van der Waals surface area contributed by atoms with E-state index in [1.165, 1.54) is 6.07 Å². The minimum Gasteiger partial charge on any atom is -0.331 e. The van der Waals surface area contributed by atoms with Crippen LogP contribution in [0.5, 0.6) is 0 Å². The Bertz CT molecular complexity index is 786. The Morgan fingerprint density at radius 2 is 1.62 bits per heavy atom. The molecule has 0 saturated carbocycles. The molecule has 124 valence electrons. The number of hydrogen-bond donors (Lipinski definition) is 3. The highest BCUT2D eigenvalue weighted by Gasteiger charge is 2.19. The molecule has 9 heteroatoms. The summed E-state index contributed by atoms with van der Waals surface area (Å²) in [4.78, 5) is 33.0. The lowest BCUT2D eigenvalue weighted by atomic mass is 10.1. The lowest BCUT2D eigenvalue weighted by molar-refractivity contribution is -0.187. The topological polar surface area (TPSA) is 88.7 Å². The van der Waals surface area contributed by atoms with Gasteiger partial charge in [0.05, 0.1) is 22.5 Å². The summed E-state index contributed by atoms with van der Waals surface area (Å²) in [6, 6.07) is 13.1. The summed E-state index contributed by atoms with van der Waals surface area (Å²) in [5, 5.41) is 3.12. The van der Waals surface area contributed by atoms with Crippen molar-refractivity contribution in [1.82, 2.24) is 5.43 Å². The smallest absolute Gasteiger partial charge is 0.331 e. The number of anilines is 2. The van der Waals surface area contributed by atoms with Crippen molar-refractivity contribution in [2.24, 2.45) is 0 Å². The summed E-state index contributed by atoms with van der Waals surface area (Å²) >= 11 is 5.01. The molecule has 0 unspecified atom stereocenters. The maximum absolute atomic E-state index is 12.1. The number of carbonyl (C=O) groups excluding carboxylic acids is 2. The standard InChI is InChI=1S/C15H11N3O4S.ClH/c19-13(9-4-2-1-3-5-9)21-22-14(20)11-7-6-10-8-12(11)16-15(23)18-17-10;/h1-8,17H,(H2,16,18,23);1H. The Kier molecular flexibility index (Phi) is 5.56. The highest BCUT2D eigenvalue weighted by molar-refractivity contribution is 7.80. The van der Waals surface area contributed by atoms with Crippen LogP contribution in [0.15, 0.2) is 48.5 Å². The molecule has 2 bridgehead atoms. The second-order valence-corrected chi connectivity index (χ2v) is 4.98. The van der Waals surface area contributed by atoms with Gasteiger partial charge in [-0.15, -0.1) is 12.4 Å². The molecule has 24 heavy (non-hydrogen) atoms. The molecule has 0 radical (unpaired) electrons. The fourth-order valence-corrected chi connectivity index (χ4v) is 2.09. The highest BCUT2D eigenvalue weighted by atomic mass is 35.5. The lowest BCUT2D eigenvalue weighted by Gasteiger charge is -2.08. The van der Waals surface area contributed by atoms with Gasteiger partial charge in [0.2, 0.25) is 0 Å².